The zero-order valence-corrected chi connectivity index (χ0v) is 10.1. The molecule has 1 fully saturated rings. The number of ether oxygens (including phenoxy) is 2. The lowest BCUT2D eigenvalue weighted by Crippen LogP contribution is -2.17. The SMILES string of the molecule is CCOc1ccc(OC(=O)C2CCCC2)cc1. The maximum Gasteiger partial charge on any atom is 0.314 e. The summed E-state index contributed by atoms with van der Waals surface area (Å²) in [6.07, 6.45) is 4.22. The molecule has 0 aliphatic heterocycles. The third kappa shape index (κ3) is 3.22. The van der Waals surface area contributed by atoms with Gasteiger partial charge in [0.1, 0.15) is 11.5 Å². The molecule has 0 spiro atoms. The van der Waals surface area contributed by atoms with Gasteiger partial charge in [0.05, 0.1) is 12.5 Å². The first-order chi connectivity index (χ1) is 8.29. The van der Waals surface area contributed by atoms with Gasteiger partial charge in [-0.15, -0.1) is 0 Å². The summed E-state index contributed by atoms with van der Waals surface area (Å²) in [7, 11) is 0. The highest BCUT2D eigenvalue weighted by Crippen LogP contribution is 2.27. The molecular formula is C14H18O3. The van der Waals surface area contributed by atoms with E-state index in [-0.39, 0.29) is 11.9 Å². The first-order valence-electron chi connectivity index (χ1n) is 6.24. The second-order valence-corrected chi connectivity index (χ2v) is 4.31. The largest absolute Gasteiger partial charge is 0.494 e. The minimum Gasteiger partial charge on any atom is -0.494 e. The molecule has 92 valence electrons. The highest BCUT2D eigenvalue weighted by molar-refractivity contribution is 5.75. The van der Waals surface area contributed by atoms with Crippen molar-refractivity contribution in [2.45, 2.75) is 32.6 Å². The van der Waals surface area contributed by atoms with Crippen molar-refractivity contribution in [3.63, 3.8) is 0 Å². The van der Waals surface area contributed by atoms with E-state index < -0.39 is 0 Å². The lowest BCUT2D eigenvalue weighted by molar-refractivity contribution is -0.138. The lowest BCUT2D eigenvalue weighted by atomic mass is 10.1. The number of benzene rings is 1. The number of hydrogen-bond donors (Lipinski definition) is 0. The second-order valence-electron chi connectivity index (χ2n) is 4.31. The summed E-state index contributed by atoms with van der Waals surface area (Å²) in [4.78, 5) is 11.8. The molecule has 1 aromatic rings. The third-order valence-corrected chi connectivity index (χ3v) is 3.04. The van der Waals surface area contributed by atoms with E-state index in [1.807, 2.05) is 19.1 Å². The maximum absolute atomic E-state index is 11.8. The molecule has 0 radical (unpaired) electrons. The van der Waals surface area contributed by atoms with Crippen LogP contribution in [-0.4, -0.2) is 12.6 Å². The van der Waals surface area contributed by atoms with Gasteiger partial charge in [0.15, 0.2) is 0 Å². The van der Waals surface area contributed by atoms with Gasteiger partial charge in [-0.1, -0.05) is 12.8 Å². The van der Waals surface area contributed by atoms with Gasteiger partial charge in [-0.2, -0.15) is 0 Å². The zero-order chi connectivity index (χ0) is 12.1. The number of rotatable bonds is 4. The molecule has 1 aliphatic rings. The molecule has 0 atom stereocenters. The molecule has 0 amide bonds. The van der Waals surface area contributed by atoms with E-state index in [0.717, 1.165) is 31.4 Å². The van der Waals surface area contributed by atoms with Crippen molar-refractivity contribution in [1.29, 1.82) is 0 Å². The van der Waals surface area contributed by atoms with Gasteiger partial charge in [0.25, 0.3) is 0 Å². The summed E-state index contributed by atoms with van der Waals surface area (Å²) in [5.74, 6) is 1.41. The van der Waals surface area contributed by atoms with Crippen molar-refractivity contribution in [2.24, 2.45) is 5.92 Å². The maximum atomic E-state index is 11.8. The second kappa shape index (κ2) is 5.71. The fourth-order valence-corrected chi connectivity index (χ4v) is 2.13. The number of hydrogen-bond acceptors (Lipinski definition) is 3. The Morgan fingerprint density at radius 3 is 2.35 bits per heavy atom. The van der Waals surface area contributed by atoms with Crippen molar-refractivity contribution in [3.8, 4) is 11.5 Å². The van der Waals surface area contributed by atoms with Crippen LogP contribution in [0.3, 0.4) is 0 Å². The van der Waals surface area contributed by atoms with Crippen molar-refractivity contribution in [2.75, 3.05) is 6.61 Å². The van der Waals surface area contributed by atoms with Gasteiger partial charge in [-0.25, -0.2) is 0 Å². The molecule has 1 saturated carbocycles. The monoisotopic (exact) mass is 234 g/mol. The van der Waals surface area contributed by atoms with E-state index in [2.05, 4.69) is 0 Å². The molecule has 0 unspecified atom stereocenters. The molecular weight excluding hydrogens is 216 g/mol. The molecule has 17 heavy (non-hydrogen) atoms. The van der Waals surface area contributed by atoms with Gasteiger partial charge in [-0.05, 0) is 44.0 Å². The van der Waals surface area contributed by atoms with E-state index >= 15 is 0 Å². The number of carbonyl (C=O) groups is 1. The van der Waals surface area contributed by atoms with Crippen molar-refractivity contribution >= 4 is 5.97 Å². The minimum absolute atomic E-state index is 0.0911. The molecule has 0 heterocycles. The Hall–Kier alpha value is -1.51. The van der Waals surface area contributed by atoms with Crippen molar-refractivity contribution in [1.82, 2.24) is 0 Å². The quantitative estimate of drug-likeness (QED) is 0.593. The molecule has 1 aromatic carbocycles. The highest BCUT2D eigenvalue weighted by Gasteiger charge is 2.24. The molecule has 1 aliphatic carbocycles. The molecule has 3 heteroatoms. The number of carbonyl (C=O) groups excluding carboxylic acids is 1. The first kappa shape index (κ1) is 12.0. The molecule has 0 aromatic heterocycles. The van der Waals surface area contributed by atoms with Crippen LogP contribution in [0.2, 0.25) is 0 Å². The average molecular weight is 234 g/mol. The minimum atomic E-state index is -0.0911. The van der Waals surface area contributed by atoms with E-state index in [4.69, 9.17) is 9.47 Å². The Morgan fingerprint density at radius 1 is 1.18 bits per heavy atom. The molecule has 0 saturated heterocycles. The lowest BCUT2D eigenvalue weighted by Gasteiger charge is -2.09. The van der Waals surface area contributed by atoms with Gasteiger partial charge in [-0.3, -0.25) is 4.79 Å². The highest BCUT2D eigenvalue weighted by atomic mass is 16.5. The smallest absolute Gasteiger partial charge is 0.314 e. The van der Waals surface area contributed by atoms with Crippen molar-refractivity contribution in [3.05, 3.63) is 24.3 Å². The van der Waals surface area contributed by atoms with Gasteiger partial charge in [0, 0.05) is 0 Å². The van der Waals surface area contributed by atoms with Gasteiger partial charge < -0.3 is 9.47 Å². The topological polar surface area (TPSA) is 35.5 Å². The first-order valence-corrected chi connectivity index (χ1v) is 6.24. The van der Waals surface area contributed by atoms with Gasteiger partial charge >= 0.3 is 5.97 Å². The summed E-state index contributed by atoms with van der Waals surface area (Å²) in [6.45, 7) is 2.58. The Kier molecular flexibility index (Phi) is 4.02. The van der Waals surface area contributed by atoms with Crippen molar-refractivity contribution < 1.29 is 14.3 Å². The van der Waals surface area contributed by atoms with Crippen LogP contribution >= 0.6 is 0 Å². The summed E-state index contributed by atoms with van der Waals surface area (Å²) in [5, 5.41) is 0. The van der Waals surface area contributed by atoms with Gasteiger partial charge in [0.2, 0.25) is 0 Å². The fourth-order valence-electron chi connectivity index (χ4n) is 2.13. The Labute approximate surface area is 102 Å². The predicted octanol–water partition coefficient (Wildman–Crippen LogP) is 3.18. The van der Waals surface area contributed by atoms with Crippen LogP contribution in [0.1, 0.15) is 32.6 Å². The van der Waals surface area contributed by atoms with Crippen LogP contribution < -0.4 is 9.47 Å². The average Bonchev–Trinajstić information content (AvgIpc) is 2.86. The van der Waals surface area contributed by atoms with Crippen LogP contribution in [0.5, 0.6) is 11.5 Å². The Bertz CT molecular complexity index is 364. The van der Waals surface area contributed by atoms with E-state index in [1.54, 1.807) is 12.1 Å². The summed E-state index contributed by atoms with van der Waals surface area (Å²) in [5.41, 5.74) is 0. The summed E-state index contributed by atoms with van der Waals surface area (Å²) in [6, 6.07) is 7.19. The summed E-state index contributed by atoms with van der Waals surface area (Å²) >= 11 is 0. The Balaban J connectivity index is 1.91. The number of esters is 1. The zero-order valence-electron chi connectivity index (χ0n) is 10.1. The van der Waals surface area contributed by atoms with E-state index in [1.165, 1.54) is 0 Å². The van der Waals surface area contributed by atoms with Crippen LogP contribution in [0.15, 0.2) is 24.3 Å². The molecule has 3 nitrogen and oxygen atoms in total. The van der Waals surface area contributed by atoms with Crippen LogP contribution in [0.4, 0.5) is 0 Å². The standard InChI is InChI=1S/C14H18O3/c1-2-16-12-7-9-13(10-8-12)17-14(15)11-5-3-4-6-11/h7-11H,2-6H2,1H3. The molecule has 0 N–H and O–H groups in total. The van der Waals surface area contributed by atoms with Crippen LogP contribution in [0.25, 0.3) is 0 Å². The fraction of sp³-hybridized carbons (Fsp3) is 0.500. The van der Waals surface area contributed by atoms with Crippen LogP contribution in [0, 0.1) is 5.92 Å². The van der Waals surface area contributed by atoms with Crippen LogP contribution in [-0.2, 0) is 4.79 Å². The van der Waals surface area contributed by atoms with E-state index in [0.29, 0.717) is 12.4 Å². The van der Waals surface area contributed by atoms with E-state index in [9.17, 15) is 4.79 Å². The third-order valence-electron chi connectivity index (χ3n) is 3.04. The summed E-state index contributed by atoms with van der Waals surface area (Å²) < 4.78 is 10.7. The predicted molar refractivity (Wildman–Crippen MR) is 65.2 cm³/mol. The molecule has 0 bridgehead atoms. The normalized spacial score (nSPS) is 15.8. The Morgan fingerprint density at radius 2 is 1.76 bits per heavy atom. The molecule has 2 rings (SSSR count).